The lowest BCUT2D eigenvalue weighted by molar-refractivity contribution is -0.119. The Balaban J connectivity index is 1.36. The number of anilines is 2. The van der Waals surface area contributed by atoms with E-state index in [4.69, 9.17) is 0 Å². The summed E-state index contributed by atoms with van der Waals surface area (Å²) in [7, 11) is 0. The Labute approximate surface area is 223 Å². The minimum absolute atomic E-state index is 0.00103. The van der Waals surface area contributed by atoms with E-state index in [1.54, 1.807) is 17.0 Å². The Morgan fingerprint density at radius 3 is 2.24 bits per heavy atom. The average molecular weight is 522 g/mol. The van der Waals surface area contributed by atoms with Crippen LogP contribution in [0.3, 0.4) is 0 Å². The van der Waals surface area contributed by atoms with Crippen LogP contribution >= 0.6 is 0 Å². The third kappa shape index (κ3) is 5.99. The third-order valence-corrected chi connectivity index (χ3v) is 7.83. The third-order valence-electron chi connectivity index (χ3n) is 7.83. The summed E-state index contributed by atoms with van der Waals surface area (Å²) in [6.07, 6.45) is 4.64. The molecule has 3 amide bonds. The van der Waals surface area contributed by atoms with Crippen molar-refractivity contribution in [1.82, 2.24) is 15.1 Å². The molecule has 1 saturated carbocycles. The zero-order valence-electron chi connectivity index (χ0n) is 21.8. The van der Waals surface area contributed by atoms with Crippen LogP contribution in [0.2, 0.25) is 0 Å². The van der Waals surface area contributed by atoms with Crippen LogP contribution in [0.4, 0.5) is 15.8 Å². The zero-order chi connectivity index (χ0) is 26.5. The van der Waals surface area contributed by atoms with Crippen molar-refractivity contribution in [3.05, 3.63) is 59.4 Å². The molecule has 2 saturated heterocycles. The van der Waals surface area contributed by atoms with Gasteiger partial charge in [-0.25, -0.2) is 4.39 Å². The van der Waals surface area contributed by atoms with E-state index in [2.05, 4.69) is 15.5 Å². The van der Waals surface area contributed by atoms with Crippen molar-refractivity contribution >= 4 is 29.1 Å². The predicted molar refractivity (Wildman–Crippen MR) is 145 cm³/mol. The molecule has 0 spiro atoms. The van der Waals surface area contributed by atoms with E-state index in [0.717, 1.165) is 50.9 Å². The second-order valence-electron chi connectivity index (χ2n) is 10.4. The summed E-state index contributed by atoms with van der Waals surface area (Å²) < 4.78 is 13.7. The maximum absolute atomic E-state index is 13.7. The predicted octanol–water partition coefficient (Wildman–Crippen LogP) is 3.35. The van der Waals surface area contributed by atoms with Gasteiger partial charge in [-0.05, 0) is 55.7 Å². The highest BCUT2D eigenvalue weighted by Gasteiger charge is 2.27. The highest BCUT2D eigenvalue weighted by molar-refractivity contribution is 6.00. The van der Waals surface area contributed by atoms with Crippen molar-refractivity contribution in [1.29, 1.82) is 0 Å². The molecule has 3 fully saturated rings. The molecule has 8 nitrogen and oxygen atoms in total. The van der Waals surface area contributed by atoms with Crippen LogP contribution < -0.4 is 15.5 Å². The number of hydrogen-bond donors (Lipinski definition) is 2. The van der Waals surface area contributed by atoms with Gasteiger partial charge in [-0.1, -0.05) is 18.9 Å². The number of carbonyl (C=O) groups is 3. The largest absolute Gasteiger partial charge is 0.368 e. The van der Waals surface area contributed by atoms with Gasteiger partial charge in [0.15, 0.2) is 0 Å². The van der Waals surface area contributed by atoms with E-state index in [-0.39, 0.29) is 23.6 Å². The van der Waals surface area contributed by atoms with Gasteiger partial charge in [0.1, 0.15) is 5.82 Å². The maximum atomic E-state index is 13.7. The van der Waals surface area contributed by atoms with Crippen LogP contribution in [0.5, 0.6) is 0 Å². The van der Waals surface area contributed by atoms with Crippen LogP contribution in [0.15, 0.2) is 42.5 Å². The van der Waals surface area contributed by atoms with Gasteiger partial charge >= 0.3 is 0 Å². The van der Waals surface area contributed by atoms with Gasteiger partial charge in [-0.2, -0.15) is 0 Å². The minimum atomic E-state index is -0.426. The van der Waals surface area contributed by atoms with E-state index in [9.17, 15) is 18.8 Å². The SMILES string of the molecule is O=C(Nc1cc(C(=O)N2CCNCC2)ccc1N1CCCN(C(=O)c2cccc(F)c2)CC1)C1CCCC1. The molecule has 1 aliphatic carbocycles. The number of rotatable bonds is 5. The van der Waals surface area contributed by atoms with Crippen molar-refractivity contribution in [3.63, 3.8) is 0 Å². The molecular weight excluding hydrogens is 485 g/mol. The van der Waals surface area contributed by atoms with Crippen molar-refractivity contribution < 1.29 is 18.8 Å². The van der Waals surface area contributed by atoms with Crippen molar-refractivity contribution in [3.8, 4) is 0 Å². The molecule has 2 heterocycles. The number of nitrogens with zero attached hydrogens (tertiary/aromatic N) is 3. The molecular formula is C29H36FN5O3. The van der Waals surface area contributed by atoms with E-state index in [1.165, 1.54) is 12.1 Å². The molecule has 0 radical (unpaired) electrons. The summed E-state index contributed by atoms with van der Waals surface area (Å²) in [5.41, 5.74) is 2.41. The van der Waals surface area contributed by atoms with Gasteiger partial charge in [0, 0.05) is 69.4 Å². The van der Waals surface area contributed by atoms with Crippen LogP contribution in [0.25, 0.3) is 0 Å². The standard InChI is InChI=1S/C29H36FN5O3/c30-24-8-3-7-22(19-24)28(37)34-14-4-13-33(17-18-34)26-10-9-23(29(38)35-15-11-31-12-16-35)20-25(26)32-27(36)21-5-1-2-6-21/h3,7-10,19-21,31H,1-2,4-6,11-18H2,(H,32,36). The van der Waals surface area contributed by atoms with E-state index < -0.39 is 5.82 Å². The Morgan fingerprint density at radius 2 is 1.50 bits per heavy atom. The monoisotopic (exact) mass is 521 g/mol. The second kappa shape index (κ2) is 11.9. The van der Waals surface area contributed by atoms with Gasteiger partial charge in [0.05, 0.1) is 11.4 Å². The number of amides is 3. The Bertz CT molecular complexity index is 1180. The summed E-state index contributed by atoms with van der Waals surface area (Å²) in [6, 6.07) is 11.4. The number of benzene rings is 2. The molecule has 5 rings (SSSR count). The molecule has 38 heavy (non-hydrogen) atoms. The number of halogens is 1. The first-order chi connectivity index (χ1) is 18.5. The van der Waals surface area contributed by atoms with Gasteiger partial charge in [0.25, 0.3) is 11.8 Å². The van der Waals surface area contributed by atoms with Gasteiger partial charge < -0.3 is 25.3 Å². The molecule has 0 atom stereocenters. The fourth-order valence-electron chi connectivity index (χ4n) is 5.68. The summed E-state index contributed by atoms with van der Waals surface area (Å²) in [6.45, 7) is 5.17. The molecule has 2 N–H and O–H groups in total. The van der Waals surface area contributed by atoms with Crippen molar-refractivity contribution in [2.75, 3.05) is 62.6 Å². The summed E-state index contributed by atoms with van der Waals surface area (Å²) in [5.74, 6) is -0.632. The van der Waals surface area contributed by atoms with Crippen LogP contribution in [-0.2, 0) is 4.79 Å². The average Bonchev–Trinajstić information content (AvgIpc) is 3.38. The van der Waals surface area contributed by atoms with E-state index in [1.807, 2.05) is 23.1 Å². The van der Waals surface area contributed by atoms with Crippen LogP contribution in [0.1, 0.15) is 52.8 Å². The smallest absolute Gasteiger partial charge is 0.254 e. The Hall–Kier alpha value is -3.46. The first kappa shape index (κ1) is 26.2. The molecule has 0 unspecified atom stereocenters. The molecule has 202 valence electrons. The van der Waals surface area contributed by atoms with Crippen molar-refractivity contribution in [2.24, 2.45) is 5.92 Å². The lowest BCUT2D eigenvalue weighted by Crippen LogP contribution is -2.46. The normalized spacial score (nSPS) is 18.8. The van der Waals surface area contributed by atoms with Gasteiger partial charge in [-0.3, -0.25) is 14.4 Å². The highest BCUT2D eigenvalue weighted by atomic mass is 19.1. The van der Waals surface area contributed by atoms with Gasteiger partial charge in [0.2, 0.25) is 5.91 Å². The molecule has 9 heteroatoms. The molecule has 2 aromatic rings. The van der Waals surface area contributed by atoms with E-state index in [0.29, 0.717) is 56.1 Å². The number of nitrogens with one attached hydrogen (secondary N) is 2. The van der Waals surface area contributed by atoms with Gasteiger partial charge in [-0.15, -0.1) is 0 Å². The molecule has 2 aromatic carbocycles. The quantitative estimate of drug-likeness (QED) is 0.631. The fourth-order valence-corrected chi connectivity index (χ4v) is 5.68. The molecule has 0 aromatic heterocycles. The number of piperazine rings is 1. The maximum Gasteiger partial charge on any atom is 0.254 e. The van der Waals surface area contributed by atoms with Crippen molar-refractivity contribution in [2.45, 2.75) is 32.1 Å². The first-order valence-electron chi connectivity index (χ1n) is 13.7. The molecule has 3 aliphatic rings. The topological polar surface area (TPSA) is 85.0 Å². The lowest BCUT2D eigenvalue weighted by Gasteiger charge is -2.29. The summed E-state index contributed by atoms with van der Waals surface area (Å²) in [4.78, 5) is 45.1. The number of carbonyl (C=O) groups excluding carboxylic acids is 3. The Kier molecular flexibility index (Phi) is 8.22. The lowest BCUT2D eigenvalue weighted by atomic mass is 10.1. The molecule has 0 bridgehead atoms. The summed E-state index contributed by atoms with van der Waals surface area (Å²) >= 11 is 0. The summed E-state index contributed by atoms with van der Waals surface area (Å²) in [5, 5.41) is 6.42. The zero-order valence-corrected chi connectivity index (χ0v) is 21.8. The highest BCUT2D eigenvalue weighted by Crippen LogP contribution is 2.32. The Morgan fingerprint density at radius 1 is 0.789 bits per heavy atom. The molecule has 2 aliphatic heterocycles. The second-order valence-corrected chi connectivity index (χ2v) is 10.4. The van der Waals surface area contributed by atoms with E-state index >= 15 is 0 Å². The minimum Gasteiger partial charge on any atom is -0.368 e. The van der Waals surface area contributed by atoms with Crippen LogP contribution in [-0.4, -0.2) is 79.9 Å². The number of hydrogen-bond acceptors (Lipinski definition) is 5. The van der Waals surface area contributed by atoms with Crippen LogP contribution in [0, 0.1) is 11.7 Å². The first-order valence-corrected chi connectivity index (χ1v) is 13.7. The fraction of sp³-hybridized carbons (Fsp3) is 0.483.